The van der Waals surface area contributed by atoms with Gasteiger partial charge in [-0.2, -0.15) is 0 Å². The second-order valence-electron chi connectivity index (χ2n) is 4.64. The average Bonchev–Trinajstić information content (AvgIpc) is 2.20. The van der Waals surface area contributed by atoms with Gasteiger partial charge in [0.25, 0.3) is 0 Å². The summed E-state index contributed by atoms with van der Waals surface area (Å²) in [5, 5.41) is 0.323. The van der Waals surface area contributed by atoms with E-state index < -0.39 is 11.4 Å². The third-order valence-electron chi connectivity index (χ3n) is 2.45. The van der Waals surface area contributed by atoms with Crippen molar-refractivity contribution < 1.29 is 9.18 Å². The zero-order valence-corrected chi connectivity index (χ0v) is 11.1. The minimum Gasteiger partial charge on any atom is -0.318 e. The summed E-state index contributed by atoms with van der Waals surface area (Å²) in [5.41, 5.74) is 5.43. The number of nitrogens with two attached hydrogens (primary N) is 1. The Balaban J connectivity index is 3.17. The molecule has 17 heavy (non-hydrogen) atoms. The van der Waals surface area contributed by atoms with Crippen LogP contribution in [0.5, 0.6) is 0 Å². The molecular weight excluding hydrogens is 243 g/mol. The van der Waals surface area contributed by atoms with Crippen LogP contribution in [0.15, 0.2) is 12.1 Å². The number of carbonyl (C=O) groups excluding carboxylic acids is 1. The standard InChI is InChI=1S/C12H16ClFN2O/c1-7-5-8(13)10(6-9(7)14)16(4)11(17)12(2,3)15/h5-6H,15H2,1-4H3. The van der Waals surface area contributed by atoms with Gasteiger partial charge in [-0.05, 0) is 38.5 Å². The second kappa shape index (κ2) is 4.63. The van der Waals surface area contributed by atoms with Crippen molar-refractivity contribution in [3.63, 3.8) is 0 Å². The molecule has 1 aromatic carbocycles. The van der Waals surface area contributed by atoms with Crippen LogP contribution in [0.2, 0.25) is 5.02 Å². The van der Waals surface area contributed by atoms with Gasteiger partial charge in [-0.15, -0.1) is 0 Å². The lowest BCUT2D eigenvalue weighted by Crippen LogP contribution is -2.50. The van der Waals surface area contributed by atoms with E-state index in [0.717, 1.165) is 0 Å². The third-order valence-corrected chi connectivity index (χ3v) is 2.75. The quantitative estimate of drug-likeness (QED) is 0.886. The van der Waals surface area contributed by atoms with Crippen molar-refractivity contribution in [1.29, 1.82) is 0 Å². The first-order chi connectivity index (χ1) is 7.64. The second-order valence-corrected chi connectivity index (χ2v) is 5.05. The molecule has 0 heterocycles. The minimum atomic E-state index is -1.03. The molecule has 0 saturated heterocycles. The van der Waals surface area contributed by atoms with E-state index >= 15 is 0 Å². The van der Waals surface area contributed by atoms with Gasteiger partial charge in [-0.25, -0.2) is 4.39 Å². The summed E-state index contributed by atoms with van der Waals surface area (Å²) < 4.78 is 13.5. The Labute approximate surface area is 105 Å². The fourth-order valence-corrected chi connectivity index (χ4v) is 1.78. The summed E-state index contributed by atoms with van der Waals surface area (Å²) >= 11 is 5.99. The molecule has 0 aromatic heterocycles. The molecule has 1 rings (SSSR count). The van der Waals surface area contributed by atoms with Crippen LogP contribution < -0.4 is 10.6 Å². The summed E-state index contributed by atoms with van der Waals surface area (Å²) in [7, 11) is 1.52. The topological polar surface area (TPSA) is 46.3 Å². The van der Waals surface area contributed by atoms with Gasteiger partial charge in [0.2, 0.25) is 5.91 Å². The van der Waals surface area contributed by atoms with Crippen LogP contribution in [-0.2, 0) is 4.79 Å². The Morgan fingerprint density at radius 2 is 2.00 bits per heavy atom. The molecule has 94 valence electrons. The van der Waals surface area contributed by atoms with Gasteiger partial charge in [0.15, 0.2) is 0 Å². The molecule has 5 heteroatoms. The number of carbonyl (C=O) groups is 1. The van der Waals surface area contributed by atoms with Gasteiger partial charge in [-0.3, -0.25) is 4.79 Å². The fraction of sp³-hybridized carbons (Fsp3) is 0.417. The zero-order chi connectivity index (χ0) is 13.4. The molecule has 0 fully saturated rings. The van der Waals surface area contributed by atoms with Crippen molar-refractivity contribution in [3.8, 4) is 0 Å². The molecule has 0 aliphatic rings. The molecule has 0 bridgehead atoms. The molecule has 0 saturated carbocycles. The lowest BCUT2D eigenvalue weighted by molar-refractivity contribution is -0.122. The maximum Gasteiger partial charge on any atom is 0.246 e. The van der Waals surface area contributed by atoms with Gasteiger partial charge < -0.3 is 10.6 Å². The lowest BCUT2D eigenvalue weighted by atomic mass is 10.1. The van der Waals surface area contributed by atoms with Crippen LogP contribution in [0.1, 0.15) is 19.4 Å². The number of hydrogen-bond acceptors (Lipinski definition) is 2. The summed E-state index contributed by atoms with van der Waals surface area (Å²) in [6.45, 7) is 4.79. The normalized spacial score (nSPS) is 11.5. The third kappa shape index (κ3) is 2.96. The van der Waals surface area contributed by atoms with Crippen molar-refractivity contribution in [1.82, 2.24) is 0 Å². The molecular formula is C12H16ClFN2O. The maximum atomic E-state index is 13.5. The number of likely N-dealkylation sites (N-methyl/N-ethyl adjacent to an activating group) is 1. The van der Waals surface area contributed by atoms with Crippen LogP contribution in [0.4, 0.5) is 10.1 Å². The zero-order valence-electron chi connectivity index (χ0n) is 10.3. The molecule has 2 N–H and O–H groups in total. The van der Waals surface area contributed by atoms with Crippen LogP contribution in [-0.4, -0.2) is 18.5 Å². The first kappa shape index (κ1) is 13.9. The van der Waals surface area contributed by atoms with Gasteiger partial charge in [-0.1, -0.05) is 11.6 Å². The van der Waals surface area contributed by atoms with Gasteiger partial charge >= 0.3 is 0 Å². The summed E-state index contributed by atoms with van der Waals surface area (Å²) in [6.07, 6.45) is 0. The van der Waals surface area contributed by atoms with E-state index in [9.17, 15) is 9.18 Å². The number of benzene rings is 1. The minimum absolute atomic E-state index is 0.318. The highest BCUT2D eigenvalue weighted by Gasteiger charge is 2.27. The Bertz CT molecular complexity index is 455. The van der Waals surface area contributed by atoms with Crippen molar-refractivity contribution in [2.75, 3.05) is 11.9 Å². The van der Waals surface area contributed by atoms with E-state index in [1.165, 1.54) is 24.1 Å². The highest BCUT2D eigenvalue weighted by Crippen LogP contribution is 2.28. The number of rotatable bonds is 2. The van der Waals surface area contributed by atoms with Crippen LogP contribution in [0.3, 0.4) is 0 Å². The summed E-state index contributed by atoms with van der Waals surface area (Å²) in [5.74, 6) is -0.735. The Kier molecular flexibility index (Phi) is 3.79. The molecule has 0 atom stereocenters. The van der Waals surface area contributed by atoms with Crippen molar-refractivity contribution in [3.05, 3.63) is 28.5 Å². The molecule has 0 unspecified atom stereocenters. The number of nitrogens with zero attached hydrogens (tertiary/aromatic N) is 1. The molecule has 3 nitrogen and oxygen atoms in total. The first-order valence-electron chi connectivity index (χ1n) is 5.17. The number of hydrogen-bond donors (Lipinski definition) is 1. The fourth-order valence-electron chi connectivity index (χ4n) is 1.43. The van der Waals surface area contributed by atoms with Gasteiger partial charge in [0.1, 0.15) is 5.82 Å². The predicted molar refractivity (Wildman–Crippen MR) is 67.8 cm³/mol. The van der Waals surface area contributed by atoms with E-state index in [-0.39, 0.29) is 5.91 Å². The van der Waals surface area contributed by atoms with E-state index in [0.29, 0.717) is 16.3 Å². The summed E-state index contributed by atoms with van der Waals surface area (Å²) in [4.78, 5) is 13.2. The Hall–Kier alpha value is -1.13. The highest BCUT2D eigenvalue weighted by atomic mass is 35.5. The van der Waals surface area contributed by atoms with Gasteiger partial charge in [0, 0.05) is 7.05 Å². The highest BCUT2D eigenvalue weighted by molar-refractivity contribution is 6.34. The predicted octanol–water partition coefficient (Wildman–Crippen LogP) is 2.49. The molecule has 0 aliphatic carbocycles. The number of aryl methyl sites for hydroxylation is 1. The van der Waals surface area contributed by atoms with Crippen molar-refractivity contribution in [2.24, 2.45) is 5.73 Å². The van der Waals surface area contributed by atoms with Crippen molar-refractivity contribution in [2.45, 2.75) is 26.3 Å². The number of anilines is 1. The maximum absolute atomic E-state index is 13.5. The number of amides is 1. The van der Waals surface area contributed by atoms with E-state index in [1.54, 1.807) is 20.8 Å². The van der Waals surface area contributed by atoms with Crippen LogP contribution >= 0.6 is 11.6 Å². The van der Waals surface area contributed by atoms with Gasteiger partial charge in [0.05, 0.1) is 16.2 Å². The molecule has 0 radical (unpaired) electrons. The van der Waals surface area contributed by atoms with E-state index in [2.05, 4.69) is 0 Å². The van der Waals surface area contributed by atoms with Crippen LogP contribution in [0.25, 0.3) is 0 Å². The Morgan fingerprint density at radius 3 is 2.47 bits per heavy atom. The van der Waals surface area contributed by atoms with E-state index in [1.807, 2.05) is 0 Å². The SMILES string of the molecule is Cc1cc(Cl)c(N(C)C(=O)C(C)(C)N)cc1F. The Morgan fingerprint density at radius 1 is 1.47 bits per heavy atom. The monoisotopic (exact) mass is 258 g/mol. The average molecular weight is 259 g/mol. The molecule has 1 aromatic rings. The molecule has 0 aliphatic heterocycles. The number of halogens is 2. The lowest BCUT2D eigenvalue weighted by Gasteiger charge is -2.26. The summed E-state index contributed by atoms with van der Waals surface area (Å²) in [6, 6.07) is 2.72. The molecule has 1 amide bonds. The van der Waals surface area contributed by atoms with E-state index in [4.69, 9.17) is 17.3 Å². The van der Waals surface area contributed by atoms with Crippen LogP contribution in [0, 0.1) is 12.7 Å². The first-order valence-corrected chi connectivity index (χ1v) is 5.55. The smallest absolute Gasteiger partial charge is 0.246 e. The van der Waals surface area contributed by atoms with Crippen molar-refractivity contribution >= 4 is 23.2 Å². The largest absolute Gasteiger partial charge is 0.318 e. The molecule has 0 spiro atoms.